The Labute approximate surface area is 135 Å². The maximum absolute atomic E-state index is 6.05. The van der Waals surface area contributed by atoms with Crippen molar-refractivity contribution in [3.05, 3.63) is 33.3 Å². The minimum Gasteiger partial charge on any atom is -0.381 e. The van der Waals surface area contributed by atoms with E-state index in [1.807, 2.05) is 12.1 Å². The highest BCUT2D eigenvalue weighted by molar-refractivity contribution is 9.10. The average molecular weight is 361 g/mol. The first-order valence-electron chi connectivity index (χ1n) is 7.46. The standard InChI is InChI=1S/C16H23BrClNO/c1-2-7-19-16(10-12-5-8-20-9-6-12)14-4-3-13(18)11-15(14)17/h3-4,11-12,16,19H,2,5-10H2,1H3. The quantitative estimate of drug-likeness (QED) is 0.774. The molecule has 112 valence electrons. The number of hydrogen-bond acceptors (Lipinski definition) is 2. The van der Waals surface area contributed by atoms with Crippen LogP contribution in [0.15, 0.2) is 22.7 Å². The molecule has 1 aliphatic rings. The summed E-state index contributed by atoms with van der Waals surface area (Å²) in [5.74, 6) is 0.751. The topological polar surface area (TPSA) is 21.3 Å². The number of rotatable bonds is 6. The number of benzene rings is 1. The van der Waals surface area contributed by atoms with Gasteiger partial charge in [-0.2, -0.15) is 0 Å². The summed E-state index contributed by atoms with van der Waals surface area (Å²) in [6.45, 7) is 5.07. The van der Waals surface area contributed by atoms with Crippen LogP contribution in [-0.4, -0.2) is 19.8 Å². The predicted octanol–water partition coefficient (Wildman–Crippen LogP) is 4.96. The second kappa shape index (κ2) is 8.38. The molecule has 0 aromatic heterocycles. The summed E-state index contributed by atoms with van der Waals surface area (Å²) < 4.78 is 6.56. The van der Waals surface area contributed by atoms with E-state index in [2.05, 4.69) is 34.2 Å². The molecule has 0 amide bonds. The summed E-state index contributed by atoms with van der Waals surface area (Å²) in [6.07, 6.45) is 4.67. The van der Waals surface area contributed by atoms with E-state index in [4.69, 9.17) is 16.3 Å². The van der Waals surface area contributed by atoms with E-state index in [9.17, 15) is 0 Å². The zero-order valence-corrected chi connectivity index (χ0v) is 14.3. The fourth-order valence-corrected chi connectivity index (χ4v) is 3.70. The Hall–Kier alpha value is -0.0900. The minimum atomic E-state index is 0.393. The highest BCUT2D eigenvalue weighted by Gasteiger charge is 2.21. The van der Waals surface area contributed by atoms with Gasteiger partial charge in [0.05, 0.1) is 0 Å². The van der Waals surface area contributed by atoms with Gasteiger partial charge in [0.15, 0.2) is 0 Å². The lowest BCUT2D eigenvalue weighted by atomic mass is 9.89. The van der Waals surface area contributed by atoms with E-state index >= 15 is 0 Å². The number of halogens is 2. The van der Waals surface area contributed by atoms with Crippen LogP contribution in [0.25, 0.3) is 0 Å². The Morgan fingerprint density at radius 2 is 2.15 bits per heavy atom. The molecule has 2 rings (SSSR count). The summed E-state index contributed by atoms with van der Waals surface area (Å²) >= 11 is 9.71. The van der Waals surface area contributed by atoms with Gasteiger partial charge in [0.1, 0.15) is 0 Å². The van der Waals surface area contributed by atoms with Gasteiger partial charge < -0.3 is 10.1 Å². The molecule has 0 radical (unpaired) electrons. The van der Waals surface area contributed by atoms with Crippen molar-refractivity contribution in [2.75, 3.05) is 19.8 Å². The second-order valence-corrected chi connectivity index (χ2v) is 6.75. The molecule has 1 fully saturated rings. The van der Waals surface area contributed by atoms with Crippen molar-refractivity contribution >= 4 is 27.5 Å². The molecule has 1 saturated heterocycles. The molecule has 20 heavy (non-hydrogen) atoms. The van der Waals surface area contributed by atoms with Crippen LogP contribution in [0.4, 0.5) is 0 Å². The largest absolute Gasteiger partial charge is 0.381 e. The Morgan fingerprint density at radius 1 is 1.40 bits per heavy atom. The molecule has 1 unspecified atom stereocenters. The zero-order chi connectivity index (χ0) is 14.4. The van der Waals surface area contributed by atoms with Crippen molar-refractivity contribution in [1.29, 1.82) is 0 Å². The molecule has 2 nitrogen and oxygen atoms in total. The van der Waals surface area contributed by atoms with Gasteiger partial charge in [-0.1, -0.05) is 40.5 Å². The van der Waals surface area contributed by atoms with Crippen LogP contribution in [0.2, 0.25) is 5.02 Å². The first kappa shape index (κ1) is 16.3. The molecule has 1 aromatic rings. The van der Waals surface area contributed by atoms with Crippen LogP contribution in [-0.2, 0) is 4.74 Å². The van der Waals surface area contributed by atoms with Crippen molar-refractivity contribution < 1.29 is 4.74 Å². The highest BCUT2D eigenvalue weighted by Crippen LogP contribution is 2.33. The van der Waals surface area contributed by atoms with Crippen LogP contribution >= 0.6 is 27.5 Å². The lowest BCUT2D eigenvalue weighted by molar-refractivity contribution is 0.0605. The van der Waals surface area contributed by atoms with Crippen LogP contribution in [0.5, 0.6) is 0 Å². The van der Waals surface area contributed by atoms with Crippen molar-refractivity contribution in [2.45, 2.75) is 38.6 Å². The normalized spacial score (nSPS) is 18.1. The molecule has 4 heteroatoms. The maximum atomic E-state index is 6.05. The molecule has 0 aliphatic carbocycles. The van der Waals surface area contributed by atoms with Gasteiger partial charge in [-0.05, 0) is 55.8 Å². The summed E-state index contributed by atoms with van der Waals surface area (Å²) in [5.41, 5.74) is 1.31. The first-order chi connectivity index (χ1) is 9.70. The third-order valence-corrected chi connectivity index (χ3v) is 4.81. The van der Waals surface area contributed by atoms with E-state index in [0.29, 0.717) is 6.04 Å². The van der Waals surface area contributed by atoms with Gasteiger partial charge in [0.2, 0.25) is 0 Å². The lowest BCUT2D eigenvalue weighted by Gasteiger charge is -2.28. The SMILES string of the molecule is CCCNC(CC1CCOCC1)c1ccc(Cl)cc1Br. The van der Waals surface area contributed by atoms with E-state index < -0.39 is 0 Å². The second-order valence-electron chi connectivity index (χ2n) is 5.46. The van der Waals surface area contributed by atoms with Crippen LogP contribution in [0.3, 0.4) is 0 Å². The molecular weight excluding hydrogens is 338 g/mol. The first-order valence-corrected chi connectivity index (χ1v) is 8.64. The van der Waals surface area contributed by atoms with E-state index in [-0.39, 0.29) is 0 Å². The average Bonchev–Trinajstić information content (AvgIpc) is 2.45. The van der Waals surface area contributed by atoms with Gasteiger partial charge in [0.25, 0.3) is 0 Å². The third-order valence-electron chi connectivity index (χ3n) is 3.89. The zero-order valence-electron chi connectivity index (χ0n) is 12.0. The highest BCUT2D eigenvalue weighted by atomic mass is 79.9. The molecular formula is C16H23BrClNO. The van der Waals surface area contributed by atoms with Gasteiger partial charge >= 0.3 is 0 Å². The van der Waals surface area contributed by atoms with Gasteiger partial charge in [0, 0.05) is 28.8 Å². The molecule has 1 heterocycles. The van der Waals surface area contributed by atoms with Crippen LogP contribution in [0.1, 0.15) is 44.2 Å². The Kier molecular flexibility index (Phi) is 6.82. The fourth-order valence-electron chi connectivity index (χ4n) is 2.74. The summed E-state index contributed by atoms with van der Waals surface area (Å²) in [5, 5.41) is 4.46. The van der Waals surface area contributed by atoms with Crippen molar-refractivity contribution in [1.82, 2.24) is 5.32 Å². The molecule has 1 atom stereocenters. The monoisotopic (exact) mass is 359 g/mol. The van der Waals surface area contributed by atoms with Crippen molar-refractivity contribution in [3.63, 3.8) is 0 Å². The molecule has 0 spiro atoms. The van der Waals surface area contributed by atoms with Gasteiger partial charge in [-0.25, -0.2) is 0 Å². The lowest BCUT2D eigenvalue weighted by Crippen LogP contribution is -2.27. The Bertz CT molecular complexity index is 421. The number of hydrogen-bond donors (Lipinski definition) is 1. The van der Waals surface area contributed by atoms with Gasteiger partial charge in [-0.3, -0.25) is 0 Å². The molecule has 1 N–H and O–H groups in total. The van der Waals surface area contributed by atoms with E-state index in [0.717, 1.165) is 41.6 Å². The fraction of sp³-hybridized carbons (Fsp3) is 0.625. The predicted molar refractivity (Wildman–Crippen MR) is 88.3 cm³/mol. The van der Waals surface area contributed by atoms with Crippen LogP contribution < -0.4 is 5.32 Å². The third kappa shape index (κ3) is 4.73. The summed E-state index contributed by atoms with van der Waals surface area (Å²) in [4.78, 5) is 0. The summed E-state index contributed by atoms with van der Waals surface area (Å²) in [7, 11) is 0. The number of nitrogens with one attached hydrogen (secondary N) is 1. The maximum Gasteiger partial charge on any atom is 0.0468 e. The Morgan fingerprint density at radius 3 is 2.80 bits per heavy atom. The van der Waals surface area contributed by atoms with Crippen LogP contribution in [0, 0.1) is 5.92 Å². The molecule has 0 saturated carbocycles. The Balaban J connectivity index is 2.08. The summed E-state index contributed by atoms with van der Waals surface area (Å²) in [6, 6.07) is 6.50. The minimum absolute atomic E-state index is 0.393. The molecule has 1 aliphatic heterocycles. The van der Waals surface area contributed by atoms with Crippen molar-refractivity contribution in [3.8, 4) is 0 Å². The van der Waals surface area contributed by atoms with Gasteiger partial charge in [-0.15, -0.1) is 0 Å². The van der Waals surface area contributed by atoms with Crippen molar-refractivity contribution in [2.24, 2.45) is 5.92 Å². The van der Waals surface area contributed by atoms with E-state index in [1.165, 1.54) is 24.8 Å². The smallest absolute Gasteiger partial charge is 0.0468 e. The number of ether oxygens (including phenoxy) is 1. The molecule has 1 aromatic carbocycles. The van der Waals surface area contributed by atoms with E-state index in [1.54, 1.807) is 0 Å². The molecule has 0 bridgehead atoms.